The quantitative estimate of drug-likeness (QED) is 0.699. The predicted octanol–water partition coefficient (Wildman–Crippen LogP) is 2.92. The van der Waals surface area contributed by atoms with Crippen LogP contribution in [-0.4, -0.2) is 17.1 Å². The van der Waals surface area contributed by atoms with Crippen LogP contribution in [0.5, 0.6) is 0 Å². The lowest BCUT2D eigenvalue weighted by atomic mass is 10.1. The first-order chi connectivity index (χ1) is 9.16. The predicted molar refractivity (Wildman–Crippen MR) is 78.2 cm³/mol. The highest BCUT2D eigenvalue weighted by atomic mass is 79.9. The van der Waals surface area contributed by atoms with Crippen molar-refractivity contribution in [2.75, 3.05) is 0 Å². The first-order valence-electron chi connectivity index (χ1n) is 5.66. The van der Waals surface area contributed by atoms with E-state index in [9.17, 15) is 4.79 Å². The molecule has 2 aromatic rings. The van der Waals surface area contributed by atoms with Crippen molar-refractivity contribution < 1.29 is 4.79 Å². The summed E-state index contributed by atoms with van der Waals surface area (Å²) in [5.41, 5.74) is 5.00. The van der Waals surface area contributed by atoms with Crippen molar-refractivity contribution in [3.63, 3.8) is 0 Å². The summed E-state index contributed by atoms with van der Waals surface area (Å²) in [6.45, 7) is 1.97. The van der Waals surface area contributed by atoms with Crippen molar-refractivity contribution in [2.45, 2.75) is 6.92 Å². The van der Waals surface area contributed by atoms with Crippen molar-refractivity contribution in [3.8, 4) is 0 Å². The summed E-state index contributed by atoms with van der Waals surface area (Å²) >= 11 is 3.39. The Kier molecular flexibility index (Phi) is 4.41. The molecule has 1 amide bonds. The zero-order valence-corrected chi connectivity index (χ0v) is 11.9. The molecule has 0 unspecified atom stereocenters. The second kappa shape index (κ2) is 6.24. The molecule has 2 rings (SSSR count). The lowest BCUT2D eigenvalue weighted by Gasteiger charge is -2.02. The van der Waals surface area contributed by atoms with Gasteiger partial charge in [0.25, 0.3) is 5.91 Å². The van der Waals surface area contributed by atoms with Gasteiger partial charge in [-0.2, -0.15) is 5.10 Å². The summed E-state index contributed by atoms with van der Waals surface area (Å²) in [7, 11) is 0. The maximum absolute atomic E-state index is 11.8. The summed E-state index contributed by atoms with van der Waals surface area (Å²) in [4.78, 5) is 15.7. The van der Waals surface area contributed by atoms with Gasteiger partial charge >= 0.3 is 0 Å². The summed E-state index contributed by atoms with van der Waals surface area (Å²) in [5.74, 6) is -0.244. The fourth-order valence-electron chi connectivity index (χ4n) is 1.41. The monoisotopic (exact) mass is 317 g/mol. The van der Waals surface area contributed by atoms with Crippen LogP contribution in [0.2, 0.25) is 0 Å². The number of amides is 1. The van der Waals surface area contributed by atoms with E-state index < -0.39 is 0 Å². The Hall–Kier alpha value is -2.01. The topological polar surface area (TPSA) is 54.4 Å². The molecule has 1 N–H and O–H groups in total. The van der Waals surface area contributed by atoms with E-state index in [1.165, 1.54) is 0 Å². The molecule has 0 saturated heterocycles. The van der Waals surface area contributed by atoms with Crippen LogP contribution in [0.1, 0.15) is 21.5 Å². The molecule has 5 heteroatoms. The van der Waals surface area contributed by atoms with Crippen LogP contribution in [0.4, 0.5) is 0 Å². The molecule has 4 nitrogen and oxygen atoms in total. The maximum atomic E-state index is 11.8. The van der Waals surface area contributed by atoms with Crippen molar-refractivity contribution in [1.82, 2.24) is 10.4 Å². The largest absolute Gasteiger partial charge is 0.271 e. The number of nitrogens with zero attached hydrogens (tertiary/aromatic N) is 2. The first kappa shape index (κ1) is 13.4. The van der Waals surface area contributed by atoms with Gasteiger partial charge in [-0.3, -0.25) is 9.78 Å². The van der Waals surface area contributed by atoms with E-state index in [0.29, 0.717) is 5.56 Å². The number of carbonyl (C=O) groups excluding carboxylic acids is 1. The summed E-state index contributed by atoms with van der Waals surface area (Å²) in [6, 6.07) is 9.02. The summed E-state index contributed by atoms with van der Waals surface area (Å²) in [5, 5.41) is 3.90. The second-order valence-electron chi connectivity index (χ2n) is 3.94. The maximum Gasteiger partial charge on any atom is 0.271 e. The van der Waals surface area contributed by atoms with Crippen LogP contribution in [-0.2, 0) is 0 Å². The van der Waals surface area contributed by atoms with E-state index in [4.69, 9.17) is 0 Å². The Morgan fingerprint density at radius 3 is 2.74 bits per heavy atom. The molecule has 96 valence electrons. The van der Waals surface area contributed by atoms with E-state index in [2.05, 4.69) is 31.4 Å². The third-order valence-electron chi connectivity index (χ3n) is 2.52. The molecule has 0 spiro atoms. The summed E-state index contributed by atoms with van der Waals surface area (Å²) in [6.07, 6.45) is 4.91. The number of rotatable bonds is 3. The van der Waals surface area contributed by atoms with Gasteiger partial charge in [-0.25, -0.2) is 5.43 Å². The molecule has 0 saturated carbocycles. The normalized spacial score (nSPS) is 10.6. The van der Waals surface area contributed by atoms with E-state index in [-0.39, 0.29) is 5.91 Å². The lowest BCUT2D eigenvalue weighted by Crippen LogP contribution is -2.17. The van der Waals surface area contributed by atoms with Crippen LogP contribution >= 0.6 is 15.9 Å². The first-order valence-corrected chi connectivity index (χ1v) is 6.46. The van der Waals surface area contributed by atoms with Crippen molar-refractivity contribution in [2.24, 2.45) is 5.10 Å². The van der Waals surface area contributed by atoms with E-state index in [1.807, 2.05) is 13.0 Å². The Balaban J connectivity index is 2.01. The smallest absolute Gasteiger partial charge is 0.267 e. The molecular weight excluding hydrogens is 306 g/mol. The molecule has 1 heterocycles. The van der Waals surface area contributed by atoms with Crippen LogP contribution < -0.4 is 5.43 Å². The molecule has 1 aromatic heterocycles. The van der Waals surface area contributed by atoms with Gasteiger partial charge in [0, 0.05) is 22.4 Å². The van der Waals surface area contributed by atoms with E-state index in [1.54, 1.807) is 42.9 Å². The molecule has 0 aliphatic heterocycles. The molecule has 0 radical (unpaired) electrons. The number of pyridine rings is 1. The second-order valence-corrected chi connectivity index (χ2v) is 4.80. The van der Waals surface area contributed by atoms with Gasteiger partial charge in [0.05, 0.1) is 6.21 Å². The average molecular weight is 318 g/mol. The number of hydrazone groups is 1. The van der Waals surface area contributed by atoms with Crippen LogP contribution in [0.3, 0.4) is 0 Å². The highest BCUT2D eigenvalue weighted by Gasteiger charge is 2.05. The standard InChI is InChI=1S/C14H12BrN3O/c1-10-2-3-12(8-13(10)15)14(19)18-17-9-11-4-6-16-7-5-11/h2-9H,1H3,(H,18,19)/b17-9+. The minimum atomic E-state index is -0.244. The minimum Gasteiger partial charge on any atom is -0.267 e. The number of halogens is 1. The lowest BCUT2D eigenvalue weighted by molar-refractivity contribution is 0.0955. The Morgan fingerprint density at radius 1 is 1.32 bits per heavy atom. The van der Waals surface area contributed by atoms with Crippen LogP contribution in [0, 0.1) is 6.92 Å². The Bertz CT molecular complexity index is 611. The SMILES string of the molecule is Cc1ccc(C(=O)N/N=C/c2ccncc2)cc1Br. The van der Waals surface area contributed by atoms with E-state index in [0.717, 1.165) is 15.6 Å². The fourth-order valence-corrected chi connectivity index (χ4v) is 1.79. The highest BCUT2D eigenvalue weighted by molar-refractivity contribution is 9.10. The van der Waals surface area contributed by atoms with Gasteiger partial charge in [0.1, 0.15) is 0 Å². The highest BCUT2D eigenvalue weighted by Crippen LogP contribution is 2.17. The van der Waals surface area contributed by atoms with Gasteiger partial charge in [-0.1, -0.05) is 22.0 Å². The third-order valence-corrected chi connectivity index (χ3v) is 3.37. The van der Waals surface area contributed by atoms with Gasteiger partial charge in [0.15, 0.2) is 0 Å². The zero-order chi connectivity index (χ0) is 13.7. The van der Waals surface area contributed by atoms with Crippen molar-refractivity contribution in [3.05, 3.63) is 63.9 Å². The number of hydrogen-bond acceptors (Lipinski definition) is 3. The van der Waals surface area contributed by atoms with Crippen molar-refractivity contribution in [1.29, 1.82) is 0 Å². The number of hydrogen-bond donors (Lipinski definition) is 1. The van der Waals surface area contributed by atoms with Gasteiger partial charge < -0.3 is 0 Å². The molecule has 19 heavy (non-hydrogen) atoms. The van der Waals surface area contributed by atoms with Crippen LogP contribution in [0.25, 0.3) is 0 Å². The molecule has 0 bridgehead atoms. The van der Waals surface area contributed by atoms with Crippen LogP contribution in [0.15, 0.2) is 52.3 Å². The van der Waals surface area contributed by atoms with Crippen molar-refractivity contribution >= 4 is 28.1 Å². The molecule has 0 aliphatic carbocycles. The number of aromatic nitrogens is 1. The third kappa shape index (κ3) is 3.72. The van der Waals surface area contributed by atoms with Gasteiger partial charge in [-0.05, 0) is 42.3 Å². The number of aryl methyl sites for hydroxylation is 1. The molecule has 0 atom stereocenters. The average Bonchev–Trinajstić information content (AvgIpc) is 2.43. The molecule has 0 fully saturated rings. The van der Waals surface area contributed by atoms with E-state index >= 15 is 0 Å². The summed E-state index contributed by atoms with van der Waals surface area (Å²) < 4.78 is 0.901. The Morgan fingerprint density at radius 2 is 2.05 bits per heavy atom. The molecular formula is C14H12BrN3O. The Labute approximate surface area is 119 Å². The number of nitrogens with one attached hydrogen (secondary N) is 1. The fraction of sp³-hybridized carbons (Fsp3) is 0.0714. The number of benzene rings is 1. The minimum absolute atomic E-state index is 0.244. The zero-order valence-electron chi connectivity index (χ0n) is 10.3. The molecule has 0 aliphatic rings. The van der Waals surface area contributed by atoms with Gasteiger partial charge in [0.2, 0.25) is 0 Å². The number of carbonyl (C=O) groups is 1. The van der Waals surface area contributed by atoms with Gasteiger partial charge in [-0.15, -0.1) is 0 Å². The molecule has 1 aromatic carbocycles.